The van der Waals surface area contributed by atoms with E-state index >= 15 is 0 Å². The number of rotatable bonds is 4. The quantitative estimate of drug-likeness (QED) is 0.576. The van der Waals surface area contributed by atoms with E-state index in [2.05, 4.69) is 10.6 Å². The Morgan fingerprint density at radius 2 is 1.76 bits per heavy atom. The fraction of sp³-hybridized carbons (Fsp3) is 0.190. The first kappa shape index (κ1) is 21.0. The number of nitrogens with zero attached hydrogens (tertiary/aromatic N) is 1. The predicted octanol–water partition coefficient (Wildman–Crippen LogP) is 3.34. The van der Waals surface area contributed by atoms with Crippen molar-refractivity contribution in [2.45, 2.75) is 0 Å². The number of nitrogens with one attached hydrogen (secondary N) is 2. The lowest BCUT2D eigenvalue weighted by atomic mass is 10.1. The van der Waals surface area contributed by atoms with Crippen LogP contribution in [0.3, 0.4) is 0 Å². The SMILES string of the molecule is O=C(/C=C/c1ccccc1Cl)NC(=S)Nc1ccc(C(=O)N2CCOCC2)cc1. The molecule has 2 amide bonds. The lowest BCUT2D eigenvalue weighted by molar-refractivity contribution is -0.115. The third kappa shape index (κ3) is 6.12. The second-order valence-electron chi connectivity index (χ2n) is 6.28. The lowest BCUT2D eigenvalue weighted by Gasteiger charge is -2.26. The number of benzene rings is 2. The molecule has 1 heterocycles. The van der Waals surface area contributed by atoms with Crippen molar-refractivity contribution in [2.24, 2.45) is 0 Å². The van der Waals surface area contributed by atoms with E-state index in [9.17, 15) is 9.59 Å². The molecule has 29 heavy (non-hydrogen) atoms. The van der Waals surface area contributed by atoms with E-state index < -0.39 is 0 Å². The van der Waals surface area contributed by atoms with Crippen LogP contribution in [-0.2, 0) is 9.53 Å². The maximum atomic E-state index is 12.4. The van der Waals surface area contributed by atoms with E-state index in [0.29, 0.717) is 42.6 Å². The summed E-state index contributed by atoms with van der Waals surface area (Å²) in [5.74, 6) is -0.401. The van der Waals surface area contributed by atoms with Crippen molar-refractivity contribution >= 4 is 52.5 Å². The molecule has 0 aromatic heterocycles. The molecule has 2 N–H and O–H groups in total. The van der Waals surface area contributed by atoms with Gasteiger partial charge in [0.1, 0.15) is 0 Å². The summed E-state index contributed by atoms with van der Waals surface area (Å²) < 4.78 is 5.26. The molecule has 1 saturated heterocycles. The van der Waals surface area contributed by atoms with Gasteiger partial charge in [-0.2, -0.15) is 0 Å². The Hall–Kier alpha value is -2.74. The normalized spacial score (nSPS) is 13.9. The molecule has 2 aromatic carbocycles. The van der Waals surface area contributed by atoms with Crippen LogP contribution in [0.25, 0.3) is 6.08 Å². The standard InChI is InChI=1S/C21H20ClN3O3S/c22-18-4-2-1-3-15(18)7-10-19(26)24-21(29)23-17-8-5-16(6-9-17)20(27)25-11-13-28-14-12-25/h1-10H,11-14H2,(H2,23,24,26,29)/b10-7+. The van der Waals surface area contributed by atoms with Crippen LogP contribution in [0, 0.1) is 0 Å². The van der Waals surface area contributed by atoms with Crippen LogP contribution in [0.4, 0.5) is 5.69 Å². The Morgan fingerprint density at radius 3 is 2.45 bits per heavy atom. The Bertz CT molecular complexity index is 925. The number of hydrogen-bond donors (Lipinski definition) is 2. The van der Waals surface area contributed by atoms with Crippen LogP contribution in [0.2, 0.25) is 5.02 Å². The Morgan fingerprint density at radius 1 is 1.07 bits per heavy atom. The minimum atomic E-state index is -0.374. The third-order valence-corrected chi connectivity index (χ3v) is 4.79. The highest BCUT2D eigenvalue weighted by Gasteiger charge is 2.18. The highest BCUT2D eigenvalue weighted by Crippen LogP contribution is 2.16. The summed E-state index contributed by atoms with van der Waals surface area (Å²) in [5.41, 5.74) is 2.00. The van der Waals surface area contributed by atoms with Crippen molar-refractivity contribution in [1.82, 2.24) is 10.2 Å². The number of carbonyl (C=O) groups excluding carboxylic acids is 2. The minimum absolute atomic E-state index is 0.0274. The summed E-state index contributed by atoms with van der Waals surface area (Å²) in [5, 5.41) is 6.21. The topological polar surface area (TPSA) is 70.7 Å². The number of amides is 2. The summed E-state index contributed by atoms with van der Waals surface area (Å²) in [6.07, 6.45) is 2.98. The summed E-state index contributed by atoms with van der Waals surface area (Å²) in [6.45, 7) is 2.31. The molecule has 0 aliphatic carbocycles. The van der Waals surface area contributed by atoms with Crippen molar-refractivity contribution < 1.29 is 14.3 Å². The molecule has 0 spiro atoms. The second-order valence-corrected chi connectivity index (χ2v) is 7.10. The van der Waals surface area contributed by atoms with E-state index in [1.807, 2.05) is 18.2 Å². The Kier molecular flexibility index (Phi) is 7.35. The number of morpholine rings is 1. The average molecular weight is 430 g/mol. The molecule has 0 atom stereocenters. The molecule has 0 radical (unpaired) electrons. The summed E-state index contributed by atoms with van der Waals surface area (Å²) in [7, 11) is 0. The first-order chi connectivity index (χ1) is 14.0. The van der Waals surface area contributed by atoms with Crippen molar-refractivity contribution in [3.63, 3.8) is 0 Å². The summed E-state index contributed by atoms with van der Waals surface area (Å²) in [6, 6.07) is 14.1. The van der Waals surface area contributed by atoms with Gasteiger partial charge in [-0.05, 0) is 54.2 Å². The van der Waals surface area contributed by atoms with Gasteiger partial charge in [0.2, 0.25) is 5.91 Å². The molecule has 6 nitrogen and oxygen atoms in total. The molecule has 1 aliphatic rings. The smallest absolute Gasteiger partial charge is 0.254 e. The first-order valence-electron chi connectivity index (χ1n) is 9.04. The van der Waals surface area contributed by atoms with Gasteiger partial charge < -0.3 is 15.0 Å². The van der Waals surface area contributed by atoms with Gasteiger partial charge >= 0.3 is 0 Å². The van der Waals surface area contributed by atoms with Gasteiger partial charge in [-0.15, -0.1) is 0 Å². The molecule has 0 unspecified atom stereocenters. The number of ether oxygens (including phenoxy) is 1. The molecule has 2 aromatic rings. The second kappa shape index (κ2) is 10.2. The van der Waals surface area contributed by atoms with Crippen LogP contribution in [0.15, 0.2) is 54.6 Å². The van der Waals surface area contributed by atoms with E-state index in [1.54, 1.807) is 41.3 Å². The third-order valence-electron chi connectivity index (χ3n) is 4.24. The van der Waals surface area contributed by atoms with Gasteiger partial charge in [-0.3, -0.25) is 14.9 Å². The monoisotopic (exact) mass is 429 g/mol. The van der Waals surface area contributed by atoms with Gasteiger partial charge in [-0.1, -0.05) is 29.8 Å². The van der Waals surface area contributed by atoms with Crippen LogP contribution in [0.5, 0.6) is 0 Å². The number of anilines is 1. The van der Waals surface area contributed by atoms with Crippen LogP contribution in [0.1, 0.15) is 15.9 Å². The summed E-state index contributed by atoms with van der Waals surface area (Å²) in [4.78, 5) is 26.2. The largest absolute Gasteiger partial charge is 0.378 e. The number of carbonyl (C=O) groups is 2. The fourth-order valence-corrected chi connectivity index (χ4v) is 3.15. The zero-order chi connectivity index (χ0) is 20.6. The van der Waals surface area contributed by atoms with E-state index in [0.717, 1.165) is 5.56 Å². The van der Waals surface area contributed by atoms with E-state index in [4.69, 9.17) is 28.6 Å². The van der Waals surface area contributed by atoms with Gasteiger partial charge in [0, 0.05) is 35.4 Å². The Balaban J connectivity index is 1.52. The molecule has 1 fully saturated rings. The van der Waals surface area contributed by atoms with Gasteiger partial charge in [0.15, 0.2) is 5.11 Å². The lowest BCUT2D eigenvalue weighted by Crippen LogP contribution is -2.40. The molecular weight excluding hydrogens is 410 g/mol. The fourth-order valence-electron chi connectivity index (χ4n) is 2.74. The van der Waals surface area contributed by atoms with Crippen molar-refractivity contribution in [2.75, 3.05) is 31.6 Å². The molecule has 0 saturated carbocycles. The molecule has 150 valence electrons. The molecule has 3 rings (SSSR count). The summed E-state index contributed by atoms with van der Waals surface area (Å²) >= 11 is 11.2. The zero-order valence-corrected chi connectivity index (χ0v) is 17.1. The zero-order valence-electron chi connectivity index (χ0n) is 15.6. The predicted molar refractivity (Wildman–Crippen MR) is 118 cm³/mol. The highest BCUT2D eigenvalue weighted by molar-refractivity contribution is 7.80. The van der Waals surface area contributed by atoms with E-state index in [1.165, 1.54) is 6.08 Å². The maximum absolute atomic E-state index is 12.4. The van der Waals surface area contributed by atoms with Gasteiger partial charge in [0.05, 0.1) is 13.2 Å². The minimum Gasteiger partial charge on any atom is -0.378 e. The first-order valence-corrected chi connectivity index (χ1v) is 9.83. The molecule has 0 bridgehead atoms. The van der Waals surface area contributed by atoms with Crippen molar-refractivity contribution in [1.29, 1.82) is 0 Å². The maximum Gasteiger partial charge on any atom is 0.254 e. The average Bonchev–Trinajstić information content (AvgIpc) is 2.74. The van der Waals surface area contributed by atoms with Crippen LogP contribution < -0.4 is 10.6 Å². The van der Waals surface area contributed by atoms with Crippen LogP contribution >= 0.6 is 23.8 Å². The molecular formula is C21H20ClN3O3S. The number of thiocarbonyl (C=S) groups is 1. The van der Waals surface area contributed by atoms with Gasteiger partial charge in [-0.25, -0.2) is 0 Å². The van der Waals surface area contributed by atoms with E-state index in [-0.39, 0.29) is 16.9 Å². The van der Waals surface area contributed by atoms with Gasteiger partial charge in [0.25, 0.3) is 5.91 Å². The highest BCUT2D eigenvalue weighted by atomic mass is 35.5. The molecule has 1 aliphatic heterocycles. The van der Waals surface area contributed by atoms with Crippen LogP contribution in [-0.4, -0.2) is 48.1 Å². The van der Waals surface area contributed by atoms with Crippen molar-refractivity contribution in [3.05, 3.63) is 70.8 Å². The van der Waals surface area contributed by atoms with Crippen molar-refractivity contribution in [3.8, 4) is 0 Å². The molecule has 8 heteroatoms. The number of hydrogen-bond acceptors (Lipinski definition) is 4. The Labute approximate surface area is 179 Å². The number of halogens is 1.